The summed E-state index contributed by atoms with van der Waals surface area (Å²) >= 11 is 0. The van der Waals surface area contributed by atoms with E-state index in [-0.39, 0.29) is 17.6 Å². The van der Waals surface area contributed by atoms with Gasteiger partial charge < -0.3 is 19.8 Å². The molecule has 0 aliphatic carbocycles. The van der Waals surface area contributed by atoms with E-state index in [1.807, 2.05) is 21.1 Å². The first kappa shape index (κ1) is 18.5. The maximum atomic E-state index is 10.5. The fourth-order valence-corrected chi connectivity index (χ4v) is 1.71. The number of carboxylic acids is 2. The van der Waals surface area contributed by atoms with Crippen LogP contribution in [0.3, 0.4) is 0 Å². The van der Waals surface area contributed by atoms with Gasteiger partial charge in [0.15, 0.2) is 25.7 Å². The van der Waals surface area contributed by atoms with Gasteiger partial charge in [0.25, 0.3) is 0 Å². The van der Waals surface area contributed by atoms with Crippen LogP contribution in [0.15, 0.2) is 4.99 Å². The minimum absolute atomic E-state index is 0.0509. The monoisotopic (exact) mass is 291 g/mol. The van der Waals surface area contributed by atoms with Crippen LogP contribution in [-0.2, 0) is 9.59 Å². The largest absolute Gasteiger partial charge is 0.477 e. The van der Waals surface area contributed by atoms with Crippen molar-refractivity contribution in [1.82, 2.24) is 0 Å². The van der Waals surface area contributed by atoms with Crippen molar-refractivity contribution in [2.75, 3.05) is 47.3 Å². The lowest BCUT2D eigenvalue weighted by Gasteiger charge is -2.30. The average molecular weight is 291 g/mol. The smallest absolute Gasteiger partial charge is 0.359 e. The van der Waals surface area contributed by atoms with Crippen LogP contribution in [0.1, 0.15) is 6.92 Å². The average Bonchev–Trinajstić information content (AvgIpc) is 2.63. The number of quaternary nitrogens is 2. The zero-order valence-corrected chi connectivity index (χ0v) is 12.5. The van der Waals surface area contributed by atoms with Gasteiger partial charge in [-0.25, -0.2) is 19.1 Å². The summed E-state index contributed by atoms with van der Waals surface area (Å²) in [6.07, 6.45) is 0.825. The summed E-state index contributed by atoms with van der Waals surface area (Å²) in [4.78, 5) is 24.4. The maximum absolute atomic E-state index is 10.5. The topological polar surface area (TPSA) is 107 Å². The van der Waals surface area contributed by atoms with E-state index in [0.717, 1.165) is 0 Å². The highest BCUT2D eigenvalue weighted by molar-refractivity contribution is 5.70. The number of carbonyl (C=O) groups is 2. The first-order chi connectivity index (χ1) is 8.98. The van der Waals surface area contributed by atoms with Gasteiger partial charge in [-0.05, 0) is 0 Å². The summed E-state index contributed by atoms with van der Waals surface area (Å²) < 4.78 is 0.532. The first-order valence-electron chi connectivity index (χ1n) is 6.28. The van der Waals surface area contributed by atoms with Gasteiger partial charge in [0, 0.05) is 6.92 Å². The number of aliphatic hydroxyl groups is 1. The lowest BCUT2D eigenvalue weighted by Crippen LogP contribution is -2.54. The highest BCUT2D eigenvalue weighted by atomic mass is 16.4. The van der Waals surface area contributed by atoms with E-state index in [4.69, 9.17) is 10.2 Å². The summed E-state index contributed by atoms with van der Waals surface area (Å²) in [5.41, 5.74) is 0. The third kappa shape index (κ3) is 7.17. The molecule has 1 heterocycles. The van der Waals surface area contributed by atoms with Crippen LogP contribution in [0.5, 0.6) is 0 Å². The standard InChI is InChI=1S/C7H12N2O3.C5H11NO2/c1-6(10)9(4-7(11)12)3-2-8-5-9;1-6(2,3)4-5(7)8/h5-6,10H,2-4H2,1H3;4H2,1-3H3/p+2. The van der Waals surface area contributed by atoms with Crippen LogP contribution in [0, 0.1) is 0 Å². The molecule has 20 heavy (non-hydrogen) atoms. The zero-order chi connectivity index (χ0) is 16.0. The van der Waals surface area contributed by atoms with Crippen molar-refractivity contribution in [2.24, 2.45) is 4.99 Å². The molecule has 0 aromatic rings. The maximum Gasteiger partial charge on any atom is 0.359 e. The van der Waals surface area contributed by atoms with Crippen molar-refractivity contribution in [3.8, 4) is 0 Å². The third-order valence-corrected chi connectivity index (χ3v) is 2.74. The number of rotatable bonds is 5. The third-order valence-electron chi connectivity index (χ3n) is 2.74. The Hall–Kier alpha value is -1.51. The molecule has 2 atom stereocenters. The fourth-order valence-electron chi connectivity index (χ4n) is 1.71. The molecule has 116 valence electrons. The zero-order valence-electron chi connectivity index (χ0n) is 12.5. The highest BCUT2D eigenvalue weighted by Gasteiger charge is 2.36. The number of likely N-dealkylation sites (N-methyl/N-ethyl adjacent to an activating group) is 1. The number of hydrogen-bond acceptors (Lipinski definition) is 4. The number of aliphatic imine (C=N–C) groups is 1. The lowest BCUT2D eigenvalue weighted by atomic mass is 10.3. The molecule has 8 heteroatoms. The second kappa shape index (κ2) is 7.32. The Kier molecular flexibility index (Phi) is 6.77. The molecule has 2 unspecified atom stereocenters. The van der Waals surface area contributed by atoms with Gasteiger partial charge in [-0.15, -0.1) is 0 Å². The summed E-state index contributed by atoms with van der Waals surface area (Å²) in [6, 6.07) is 0. The quantitative estimate of drug-likeness (QED) is 0.566. The van der Waals surface area contributed by atoms with Gasteiger partial charge in [0.1, 0.15) is 6.54 Å². The first-order valence-corrected chi connectivity index (χ1v) is 6.28. The van der Waals surface area contributed by atoms with Crippen molar-refractivity contribution in [1.29, 1.82) is 0 Å². The Morgan fingerprint density at radius 3 is 2.05 bits per heavy atom. The summed E-state index contributed by atoms with van der Waals surface area (Å²) in [6.45, 7) is 2.84. The molecule has 1 rings (SSSR count). The molecule has 0 saturated heterocycles. The van der Waals surface area contributed by atoms with Gasteiger partial charge in [0.2, 0.25) is 0 Å². The van der Waals surface area contributed by atoms with Gasteiger partial charge in [-0.2, -0.15) is 0 Å². The highest BCUT2D eigenvalue weighted by Crippen LogP contribution is 2.12. The molecule has 0 amide bonds. The van der Waals surface area contributed by atoms with E-state index >= 15 is 0 Å². The minimum Gasteiger partial charge on any atom is -0.477 e. The molecule has 8 nitrogen and oxygen atoms in total. The molecular formula is C12H25N3O5+2. The molecule has 0 aromatic carbocycles. The van der Waals surface area contributed by atoms with E-state index in [2.05, 4.69) is 4.99 Å². The molecule has 3 N–H and O–H groups in total. The fraction of sp³-hybridized carbons (Fsp3) is 0.750. The van der Waals surface area contributed by atoms with Crippen LogP contribution in [-0.4, -0.2) is 96.1 Å². The van der Waals surface area contributed by atoms with Crippen molar-refractivity contribution in [3.63, 3.8) is 0 Å². The molecule has 0 fully saturated rings. The molecule has 0 radical (unpaired) electrons. The number of carboxylic acid groups (broad SMARTS) is 2. The number of aliphatic carboxylic acids is 2. The normalized spacial score (nSPS) is 22.9. The number of hydrogen-bond donors (Lipinski definition) is 3. The van der Waals surface area contributed by atoms with Crippen molar-refractivity contribution in [3.05, 3.63) is 0 Å². The van der Waals surface area contributed by atoms with Crippen molar-refractivity contribution >= 4 is 18.3 Å². The van der Waals surface area contributed by atoms with Crippen LogP contribution in [0.2, 0.25) is 0 Å². The Morgan fingerprint density at radius 2 is 1.85 bits per heavy atom. The lowest BCUT2D eigenvalue weighted by molar-refractivity contribution is -0.870. The summed E-state index contributed by atoms with van der Waals surface area (Å²) in [7, 11) is 5.52. The second-order valence-electron chi connectivity index (χ2n) is 5.87. The van der Waals surface area contributed by atoms with Crippen molar-refractivity contribution < 1.29 is 33.9 Å². The van der Waals surface area contributed by atoms with Crippen LogP contribution >= 0.6 is 0 Å². The van der Waals surface area contributed by atoms with Gasteiger partial charge >= 0.3 is 11.9 Å². The molecule has 1 aliphatic rings. The minimum atomic E-state index is -0.913. The number of aliphatic hydroxyl groups excluding tert-OH is 1. The van der Waals surface area contributed by atoms with Gasteiger partial charge in [-0.3, -0.25) is 0 Å². The molecular weight excluding hydrogens is 266 g/mol. The number of nitrogens with zero attached hydrogens (tertiary/aromatic N) is 3. The van der Waals surface area contributed by atoms with Crippen LogP contribution in [0.25, 0.3) is 0 Å². The van der Waals surface area contributed by atoms with E-state index in [1.54, 1.807) is 6.92 Å². The molecule has 0 aromatic heterocycles. The molecule has 1 aliphatic heterocycles. The molecule has 0 spiro atoms. The van der Waals surface area contributed by atoms with Crippen LogP contribution < -0.4 is 0 Å². The predicted octanol–water partition coefficient (Wildman–Crippen LogP) is -0.955. The molecule has 0 saturated carbocycles. The van der Waals surface area contributed by atoms with Gasteiger partial charge in [-0.1, -0.05) is 0 Å². The van der Waals surface area contributed by atoms with Gasteiger partial charge in [0.05, 0.1) is 27.7 Å². The SMILES string of the molecule is CC(O)[N+]1(CC(=O)O)C=NCC1.C[N+](C)(C)CC(=O)O. The van der Waals surface area contributed by atoms with E-state index < -0.39 is 18.2 Å². The Bertz CT molecular complexity index is 376. The van der Waals surface area contributed by atoms with E-state index in [0.29, 0.717) is 17.6 Å². The molecule has 0 bridgehead atoms. The van der Waals surface area contributed by atoms with E-state index in [1.165, 1.54) is 6.34 Å². The Labute approximate surface area is 118 Å². The van der Waals surface area contributed by atoms with E-state index in [9.17, 15) is 14.7 Å². The van der Waals surface area contributed by atoms with Crippen LogP contribution in [0.4, 0.5) is 0 Å². The Balaban J connectivity index is 0.000000396. The Morgan fingerprint density at radius 1 is 1.30 bits per heavy atom. The second-order valence-corrected chi connectivity index (χ2v) is 5.87. The predicted molar refractivity (Wildman–Crippen MR) is 73.2 cm³/mol. The summed E-state index contributed by atoms with van der Waals surface area (Å²) in [5, 5.41) is 26.2. The van der Waals surface area contributed by atoms with Crippen molar-refractivity contribution in [2.45, 2.75) is 13.2 Å². The summed E-state index contributed by atoms with van der Waals surface area (Å²) in [5.74, 6) is -1.67.